The summed E-state index contributed by atoms with van der Waals surface area (Å²) >= 11 is 5.68. The maximum atomic E-state index is 12.0. The number of allylic oxidation sites excluding steroid dienone is 1. The SMILES string of the molecule is O=S(=O)(NC1CC=CCC1)c1ccnc(Cl)c1. The van der Waals surface area contributed by atoms with Gasteiger partial charge in [0.2, 0.25) is 10.0 Å². The Morgan fingerprint density at radius 2 is 2.24 bits per heavy atom. The zero-order valence-corrected chi connectivity index (χ0v) is 10.7. The molecule has 0 spiro atoms. The highest BCUT2D eigenvalue weighted by Crippen LogP contribution is 2.16. The molecule has 1 aromatic heterocycles. The summed E-state index contributed by atoms with van der Waals surface area (Å²) in [7, 11) is -3.49. The van der Waals surface area contributed by atoms with E-state index in [2.05, 4.69) is 15.8 Å². The minimum Gasteiger partial charge on any atom is -0.244 e. The third-order valence-corrected chi connectivity index (χ3v) is 4.32. The summed E-state index contributed by atoms with van der Waals surface area (Å²) in [6, 6.07) is 2.76. The van der Waals surface area contributed by atoms with Gasteiger partial charge in [0, 0.05) is 12.2 Å². The van der Waals surface area contributed by atoms with Crippen molar-refractivity contribution in [2.45, 2.75) is 30.2 Å². The monoisotopic (exact) mass is 272 g/mol. The number of nitrogens with one attached hydrogen (secondary N) is 1. The Balaban J connectivity index is 2.16. The van der Waals surface area contributed by atoms with Crippen LogP contribution < -0.4 is 4.72 Å². The molecule has 1 unspecified atom stereocenters. The van der Waals surface area contributed by atoms with Crippen molar-refractivity contribution in [3.8, 4) is 0 Å². The molecule has 17 heavy (non-hydrogen) atoms. The molecule has 0 radical (unpaired) electrons. The highest BCUT2D eigenvalue weighted by Gasteiger charge is 2.20. The normalized spacial score (nSPS) is 20.4. The Labute approximate surface area is 106 Å². The lowest BCUT2D eigenvalue weighted by Crippen LogP contribution is -2.35. The minimum atomic E-state index is -3.49. The lowest BCUT2D eigenvalue weighted by molar-refractivity contribution is 0.522. The Hall–Kier alpha value is -0.910. The van der Waals surface area contributed by atoms with Crippen LogP contribution in [0.1, 0.15) is 19.3 Å². The molecular weight excluding hydrogens is 260 g/mol. The number of hydrogen-bond acceptors (Lipinski definition) is 3. The van der Waals surface area contributed by atoms with E-state index in [1.807, 2.05) is 6.08 Å². The summed E-state index contributed by atoms with van der Waals surface area (Å²) < 4.78 is 26.7. The van der Waals surface area contributed by atoms with E-state index in [1.165, 1.54) is 18.3 Å². The van der Waals surface area contributed by atoms with Gasteiger partial charge in [-0.15, -0.1) is 0 Å². The number of nitrogens with zero attached hydrogens (tertiary/aromatic N) is 1. The van der Waals surface area contributed by atoms with E-state index in [0.717, 1.165) is 19.3 Å². The molecule has 0 fully saturated rings. The molecule has 4 nitrogen and oxygen atoms in total. The summed E-state index contributed by atoms with van der Waals surface area (Å²) in [6.07, 6.45) is 7.92. The maximum Gasteiger partial charge on any atom is 0.240 e. The van der Waals surface area contributed by atoms with Crippen LogP contribution >= 0.6 is 11.6 Å². The number of hydrogen-bond donors (Lipinski definition) is 1. The van der Waals surface area contributed by atoms with E-state index in [1.54, 1.807) is 0 Å². The number of aromatic nitrogens is 1. The van der Waals surface area contributed by atoms with E-state index in [9.17, 15) is 8.42 Å². The fourth-order valence-corrected chi connectivity index (χ4v) is 3.27. The standard InChI is InChI=1S/C11H13ClN2O2S/c12-11-8-10(6-7-13-11)17(15,16)14-9-4-2-1-3-5-9/h1-2,6-9,14H,3-5H2. The van der Waals surface area contributed by atoms with Crippen LogP contribution in [0, 0.1) is 0 Å². The third-order valence-electron chi connectivity index (χ3n) is 2.60. The van der Waals surface area contributed by atoms with Crippen LogP contribution in [-0.4, -0.2) is 19.4 Å². The molecular formula is C11H13ClN2O2S. The van der Waals surface area contributed by atoms with E-state index in [0.29, 0.717) is 0 Å². The lowest BCUT2D eigenvalue weighted by atomic mass is 10.0. The lowest BCUT2D eigenvalue weighted by Gasteiger charge is -2.19. The first-order chi connectivity index (χ1) is 8.08. The van der Waals surface area contributed by atoms with Gasteiger partial charge < -0.3 is 0 Å². The Bertz CT molecular complexity index is 528. The van der Waals surface area contributed by atoms with Crippen LogP contribution in [0.15, 0.2) is 35.4 Å². The Morgan fingerprint density at radius 1 is 1.41 bits per heavy atom. The van der Waals surface area contributed by atoms with Crippen molar-refractivity contribution in [2.75, 3.05) is 0 Å². The molecule has 1 aromatic rings. The fourth-order valence-electron chi connectivity index (χ4n) is 1.74. The molecule has 0 aromatic carbocycles. The summed E-state index contributed by atoms with van der Waals surface area (Å²) in [5, 5.41) is 0.177. The zero-order chi connectivity index (χ0) is 12.3. The third kappa shape index (κ3) is 3.28. The van der Waals surface area contributed by atoms with Crippen molar-refractivity contribution >= 4 is 21.6 Å². The number of sulfonamides is 1. The summed E-state index contributed by atoms with van der Waals surface area (Å²) in [6.45, 7) is 0. The second-order valence-corrected chi connectivity index (χ2v) is 6.02. The summed E-state index contributed by atoms with van der Waals surface area (Å²) in [5.74, 6) is 0. The topological polar surface area (TPSA) is 59.1 Å². The van der Waals surface area contributed by atoms with Crippen LogP contribution in [0.2, 0.25) is 5.15 Å². The van der Waals surface area contributed by atoms with Gasteiger partial charge in [0.25, 0.3) is 0 Å². The van der Waals surface area contributed by atoms with Crippen LogP contribution in [-0.2, 0) is 10.0 Å². The van der Waals surface area contributed by atoms with Crippen molar-refractivity contribution in [3.63, 3.8) is 0 Å². The maximum absolute atomic E-state index is 12.0. The van der Waals surface area contributed by atoms with E-state index in [-0.39, 0.29) is 16.1 Å². The number of halogens is 1. The van der Waals surface area contributed by atoms with Crippen molar-refractivity contribution < 1.29 is 8.42 Å². The van der Waals surface area contributed by atoms with E-state index < -0.39 is 10.0 Å². The van der Waals surface area contributed by atoms with Gasteiger partial charge in [0.1, 0.15) is 5.15 Å². The highest BCUT2D eigenvalue weighted by atomic mass is 35.5. The molecule has 0 bridgehead atoms. The van der Waals surface area contributed by atoms with Gasteiger partial charge >= 0.3 is 0 Å². The average molecular weight is 273 g/mol. The minimum absolute atomic E-state index is 0.0306. The van der Waals surface area contributed by atoms with Crippen LogP contribution in [0.25, 0.3) is 0 Å². The predicted molar refractivity (Wildman–Crippen MR) is 66.3 cm³/mol. The molecule has 2 rings (SSSR count). The van der Waals surface area contributed by atoms with Crippen molar-refractivity contribution in [1.82, 2.24) is 9.71 Å². The second-order valence-electron chi connectivity index (χ2n) is 3.92. The van der Waals surface area contributed by atoms with E-state index >= 15 is 0 Å². The van der Waals surface area contributed by atoms with Gasteiger partial charge in [-0.05, 0) is 31.4 Å². The molecule has 0 saturated carbocycles. The van der Waals surface area contributed by atoms with Crippen LogP contribution in [0.4, 0.5) is 0 Å². The van der Waals surface area contributed by atoms with Gasteiger partial charge in [-0.25, -0.2) is 18.1 Å². The van der Waals surface area contributed by atoms with Crippen molar-refractivity contribution in [3.05, 3.63) is 35.6 Å². The molecule has 0 saturated heterocycles. The largest absolute Gasteiger partial charge is 0.244 e. The highest BCUT2D eigenvalue weighted by molar-refractivity contribution is 7.89. The van der Waals surface area contributed by atoms with Gasteiger partial charge in [0.05, 0.1) is 4.90 Å². The molecule has 0 amide bonds. The van der Waals surface area contributed by atoms with Crippen LogP contribution in [0.3, 0.4) is 0 Å². The molecule has 1 heterocycles. The summed E-state index contributed by atoms with van der Waals surface area (Å²) in [5.41, 5.74) is 0. The van der Waals surface area contributed by atoms with Crippen molar-refractivity contribution in [1.29, 1.82) is 0 Å². The Morgan fingerprint density at radius 3 is 2.88 bits per heavy atom. The van der Waals surface area contributed by atoms with E-state index in [4.69, 9.17) is 11.6 Å². The molecule has 0 aliphatic heterocycles. The first-order valence-electron chi connectivity index (χ1n) is 5.37. The Kier molecular flexibility index (Phi) is 3.81. The molecule has 6 heteroatoms. The van der Waals surface area contributed by atoms with Gasteiger partial charge in [-0.3, -0.25) is 0 Å². The molecule has 1 atom stereocenters. The molecule has 1 aliphatic carbocycles. The quantitative estimate of drug-likeness (QED) is 0.677. The first-order valence-corrected chi connectivity index (χ1v) is 7.23. The molecule has 1 N–H and O–H groups in total. The fraction of sp³-hybridized carbons (Fsp3) is 0.364. The zero-order valence-electron chi connectivity index (χ0n) is 9.14. The molecule has 92 valence electrons. The predicted octanol–water partition coefficient (Wildman–Crippen LogP) is 2.12. The summed E-state index contributed by atoms with van der Waals surface area (Å²) in [4.78, 5) is 3.92. The van der Waals surface area contributed by atoms with Gasteiger partial charge in [-0.2, -0.15) is 0 Å². The first kappa shape index (κ1) is 12.5. The number of pyridine rings is 1. The van der Waals surface area contributed by atoms with Crippen LogP contribution in [0.5, 0.6) is 0 Å². The smallest absolute Gasteiger partial charge is 0.240 e. The van der Waals surface area contributed by atoms with Gasteiger partial charge in [-0.1, -0.05) is 23.8 Å². The molecule has 1 aliphatic rings. The van der Waals surface area contributed by atoms with Crippen molar-refractivity contribution in [2.24, 2.45) is 0 Å². The average Bonchev–Trinajstić information content (AvgIpc) is 2.30. The van der Waals surface area contributed by atoms with Gasteiger partial charge in [0.15, 0.2) is 0 Å². The second kappa shape index (κ2) is 5.16. The number of rotatable bonds is 3.